The van der Waals surface area contributed by atoms with E-state index in [2.05, 4.69) is 10.3 Å². The Balaban J connectivity index is 1.49. The number of carbonyl (C=O) groups excluding carboxylic acids is 3. The van der Waals surface area contributed by atoms with Gasteiger partial charge in [-0.15, -0.1) is 0 Å². The molecule has 1 saturated carbocycles. The van der Waals surface area contributed by atoms with E-state index in [1.54, 1.807) is 36.4 Å². The molecule has 1 N–H and O–H groups in total. The Morgan fingerprint density at radius 3 is 2.62 bits per heavy atom. The molecule has 0 unspecified atom stereocenters. The highest BCUT2D eigenvalue weighted by Crippen LogP contribution is 2.47. The van der Waals surface area contributed by atoms with Crippen LogP contribution in [0.15, 0.2) is 66.9 Å². The van der Waals surface area contributed by atoms with Gasteiger partial charge in [0.1, 0.15) is 11.9 Å². The molecule has 2 aliphatic carbocycles. The van der Waals surface area contributed by atoms with Gasteiger partial charge in [0.05, 0.1) is 11.6 Å². The Morgan fingerprint density at radius 2 is 1.88 bits per heavy atom. The van der Waals surface area contributed by atoms with E-state index in [0.717, 1.165) is 5.56 Å². The third-order valence-electron chi connectivity index (χ3n) is 8.31. The molecule has 1 aliphatic heterocycles. The van der Waals surface area contributed by atoms with Gasteiger partial charge in [0.2, 0.25) is 5.91 Å². The summed E-state index contributed by atoms with van der Waals surface area (Å²) in [5.41, 5.74) is 0.450. The van der Waals surface area contributed by atoms with E-state index in [9.17, 15) is 28.4 Å². The summed E-state index contributed by atoms with van der Waals surface area (Å²) >= 11 is 6.39. The molecule has 3 amide bonds. The molecule has 214 valence electrons. The second-order valence-electron chi connectivity index (χ2n) is 10.9. The summed E-state index contributed by atoms with van der Waals surface area (Å²) in [6, 6.07) is 17.0. The number of nitriles is 1. The van der Waals surface area contributed by atoms with Crippen molar-refractivity contribution in [2.75, 3.05) is 9.80 Å². The summed E-state index contributed by atoms with van der Waals surface area (Å²) in [7, 11) is 0. The van der Waals surface area contributed by atoms with E-state index in [4.69, 9.17) is 11.6 Å². The standard InChI is InChI=1S/C31H26ClF2N5O3/c32-21-5-3-6-23(15-21)39(28(41)25-8-9-27(40)38(25)26-14-19(18-35)11-13-36-26)31(12-10-20-4-1-2-7-24(20)31)29(42)37-22-16-30(33,34)17-22/h1-7,11,13-15,22,25H,8-10,12,16-17H2,(H,37,42)/t25-,31-/m0/s1. The molecule has 2 heterocycles. The summed E-state index contributed by atoms with van der Waals surface area (Å²) in [6.07, 6.45) is 1.32. The van der Waals surface area contributed by atoms with Crippen molar-refractivity contribution in [3.63, 3.8) is 0 Å². The van der Waals surface area contributed by atoms with Gasteiger partial charge < -0.3 is 5.32 Å². The lowest BCUT2D eigenvalue weighted by molar-refractivity contribution is -0.137. The van der Waals surface area contributed by atoms with Crippen molar-refractivity contribution in [1.82, 2.24) is 10.3 Å². The first-order chi connectivity index (χ1) is 20.1. The number of anilines is 2. The Bertz CT molecular complexity index is 1630. The number of aryl methyl sites for hydroxylation is 1. The summed E-state index contributed by atoms with van der Waals surface area (Å²) < 4.78 is 27.5. The zero-order chi connectivity index (χ0) is 29.6. The van der Waals surface area contributed by atoms with Gasteiger partial charge in [0.15, 0.2) is 5.54 Å². The SMILES string of the molecule is N#Cc1ccnc(N2C(=O)CC[C@H]2C(=O)N(c2cccc(Cl)c2)[C@@]2(C(=O)NC3CC(F)(F)C3)CCc3ccccc32)c1. The van der Waals surface area contributed by atoms with Crippen LogP contribution in [0.3, 0.4) is 0 Å². The van der Waals surface area contributed by atoms with Crippen LogP contribution in [0.1, 0.15) is 48.8 Å². The number of nitrogens with zero attached hydrogens (tertiary/aromatic N) is 4. The van der Waals surface area contributed by atoms with Crippen LogP contribution < -0.4 is 15.1 Å². The zero-order valence-electron chi connectivity index (χ0n) is 22.4. The van der Waals surface area contributed by atoms with Crippen molar-refractivity contribution < 1.29 is 23.2 Å². The Morgan fingerprint density at radius 1 is 1.10 bits per heavy atom. The van der Waals surface area contributed by atoms with Crippen LogP contribution in [0.4, 0.5) is 20.3 Å². The Labute approximate surface area is 245 Å². The molecule has 11 heteroatoms. The Hall–Kier alpha value is -4.36. The topological polar surface area (TPSA) is 106 Å². The maximum atomic E-state index is 14.8. The molecule has 1 aromatic heterocycles. The molecule has 6 rings (SSSR count). The normalized spacial score (nSPS) is 22.7. The predicted molar refractivity (Wildman–Crippen MR) is 151 cm³/mol. The van der Waals surface area contributed by atoms with Gasteiger partial charge in [-0.1, -0.05) is 41.9 Å². The lowest BCUT2D eigenvalue weighted by atomic mass is 9.83. The number of pyridine rings is 1. The highest BCUT2D eigenvalue weighted by atomic mass is 35.5. The number of hydrogen-bond acceptors (Lipinski definition) is 5. The van der Waals surface area contributed by atoms with Gasteiger partial charge in [-0.25, -0.2) is 13.8 Å². The van der Waals surface area contributed by atoms with E-state index >= 15 is 0 Å². The quantitative estimate of drug-likeness (QED) is 0.441. The van der Waals surface area contributed by atoms with Crippen LogP contribution in [0.25, 0.3) is 0 Å². The maximum absolute atomic E-state index is 14.8. The average molecular weight is 590 g/mol. The molecule has 2 atom stereocenters. The molecule has 3 aliphatic rings. The van der Waals surface area contributed by atoms with Crippen molar-refractivity contribution in [3.05, 3.63) is 88.6 Å². The number of carbonyl (C=O) groups is 3. The second-order valence-corrected chi connectivity index (χ2v) is 11.4. The first kappa shape index (κ1) is 27.8. The fraction of sp³-hybridized carbons (Fsp3) is 0.323. The van der Waals surface area contributed by atoms with Gasteiger partial charge in [0, 0.05) is 42.2 Å². The molecule has 2 aromatic carbocycles. The van der Waals surface area contributed by atoms with Gasteiger partial charge in [-0.2, -0.15) is 5.26 Å². The molecule has 1 saturated heterocycles. The highest BCUT2D eigenvalue weighted by molar-refractivity contribution is 6.31. The smallest absolute Gasteiger partial charge is 0.252 e. The number of benzene rings is 2. The number of fused-ring (bicyclic) bond motifs is 1. The minimum Gasteiger partial charge on any atom is -0.351 e. The van der Waals surface area contributed by atoms with Gasteiger partial charge in [-0.3, -0.25) is 24.2 Å². The van der Waals surface area contributed by atoms with Crippen molar-refractivity contribution >= 4 is 40.8 Å². The molecule has 0 bridgehead atoms. The second kappa shape index (κ2) is 10.5. The van der Waals surface area contributed by atoms with E-state index in [-0.39, 0.29) is 36.6 Å². The van der Waals surface area contributed by atoms with Crippen molar-refractivity contribution in [3.8, 4) is 6.07 Å². The largest absolute Gasteiger partial charge is 0.351 e. The molecule has 8 nitrogen and oxygen atoms in total. The summed E-state index contributed by atoms with van der Waals surface area (Å²) in [4.78, 5) is 49.3. The molecule has 2 fully saturated rings. The molecular weight excluding hydrogens is 564 g/mol. The van der Waals surface area contributed by atoms with Crippen LogP contribution in [-0.4, -0.2) is 40.7 Å². The summed E-state index contributed by atoms with van der Waals surface area (Å²) in [5.74, 6) is -4.15. The summed E-state index contributed by atoms with van der Waals surface area (Å²) in [6.45, 7) is 0. The molecule has 3 aromatic rings. The number of aromatic nitrogens is 1. The number of nitrogens with one attached hydrogen (secondary N) is 1. The Kier molecular flexibility index (Phi) is 6.93. The predicted octanol–water partition coefficient (Wildman–Crippen LogP) is 4.89. The van der Waals surface area contributed by atoms with E-state index in [0.29, 0.717) is 22.7 Å². The van der Waals surface area contributed by atoms with E-state index < -0.39 is 48.2 Å². The van der Waals surface area contributed by atoms with Crippen LogP contribution >= 0.6 is 11.6 Å². The molecule has 42 heavy (non-hydrogen) atoms. The van der Waals surface area contributed by atoms with Crippen LogP contribution in [0.5, 0.6) is 0 Å². The number of amides is 3. The van der Waals surface area contributed by atoms with Crippen LogP contribution in [-0.2, 0) is 26.3 Å². The lowest BCUT2D eigenvalue weighted by Crippen LogP contribution is -2.64. The molecule has 0 radical (unpaired) electrons. The van der Waals surface area contributed by atoms with Gasteiger partial charge in [0.25, 0.3) is 17.7 Å². The monoisotopic (exact) mass is 589 g/mol. The van der Waals surface area contributed by atoms with Crippen LogP contribution in [0.2, 0.25) is 5.02 Å². The van der Waals surface area contributed by atoms with Crippen molar-refractivity contribution in [1.29, 1.82) is 5.26 Å². The van der Waals surface area contributed by atoms with Gasteiger partial charge >= 0.3 is 0 Å². The van der Waals surface area contributed by atoms with Crippen LogP contribution in [0, 0.1) is 11.3 Å². The van der Waals surface area contributed by atoms with E-state index in [1.165, 1.54) is 28.1 Å². The molecule has 0 spiro atoms. The fourth-order valence-electron chi connectivity index (χ4n) is 6.35. The number of halogens is 3. The lowest BCUT2D eigenvalue weighted by Gasteiger charge is -2.45. The van der Waals surface area contributed by atoms with E-state index in [1.807, 2.05) is 18.2 Å². The number of hydrogen-bond donors (Lipinski definition) is 1. The van der Waals surface area contributed by atoms with Gasteiger partial charge in [-0.05, 0) is 60.7 Å². The highest BCUT2D eigenvalue weighted by Gasteiger charge is 2.56. The first-order valence-electron chi connectivity index (χ1n) is 13.7. The molecular formula is C31H26ClF2N5O3. The minimum absolute atomic E-state index is 0.0607. The third kappa shape index (κ3) is 4.68. The number of alkyl halides is 2. The minimum atomic E-state index is -2.85. The first-order valence-corrected chi connectivity index (χ1v) is 14.1. The summed E-state index contributed by atoms with van der Waals surface area (Å²) in [5, 5.41) is 12.5. The third-order valence-corrected chi connectivity index (χ3v) is 8.54. The zero-order valence-corrected chi connectivity index (χ0v) is 23.2. The fourth-order valence-corrected chi connectivity index (χ4v) is 6.54. The van der Waals surface area contributed by atoms with Crippen molar-refractivity contribution in [2.45, 2.75) is 62.1 Å². The number of rotatable bonds is 6. The maximum Gasteiger partial charge on any atom is 0.252 e. The average Bonchev–Trinajstić information content (AvgIpc) is 3.54. The van der Waals surface area contributed by atoms with Crippen molar-refractivity contribution in [2.24, 2.45) is 0 Å².